The quantitative estimate of drug-likeness (QED) is 0.494. The van der Waals surface area contributed by atoms with Crippen molar-refractivity contribution in [2.24, 2.45) is 0 Å². The monoisotopic (exact) mass is 401 g/mol. The molecule has 1 aliphatic carbocycles. The molecule has 7 nitrogen and oxygen atoms in total. The minimum atomic E-state index is -0.803. The Balaban J connectivity index is 1.62. The first kappa shape index (κ1) is 20.9. The summed E-state index contributed by atoms with van der Waals surface area (Å²) in [7, 11) is 0. The van der Waals surface area contributed by atoms with Gasteiger partial charge in [0.2, 0.25) is 0 Å². The molecule has 156 valence electrons. The number of nitrogens with one attached hydrogen (secondary N) is 1. The summed E-state index contributed by atoms with van der Waals surface area (Å²) in [5.74, 6) is -0.525. The number of unbranched alkanes of at least 4 members (excludes halogenated alkanes) is 2. The van der Waals surface area contributed by atoms with Gasteiger partial charge in [-0.2, -0.15) is 0 Å². The van der Waals surface area contributed by atoms with Crippen LogP contribution in [0.15, 0.2) is 21.3 Å². The second-order valence-electron chi connectivity index (χ2n) is 7.52. The van der Waals surface area contributed by atoms with Gasteiger partial charge in [0.15, 0.2) is 6.10 Å². The summed E-state index contributed by atoms with van der Waals surface area (Å²) in [6.07, 6.45) is 4.11. The van der Waals surface area contributed by atoms with Gasteiger partial charge in [-0.25, -0.2) is 4.79 Å². The van der Waals surface area contributed by atoms with E-state index in [0.717, 1.165) is 48.6 Å². The van der Waals surface area contributed by atoms with Crippen LogP contribution in [0.25, 0.3) is 11.0 Å². The molecule has 1 aliphatic rings. The SMILES string of the molecule is Cc1c(O[C@@H](C)C(=O)NCCCCCC(=O)O)ccc2c3c(c(=O)oc12)CCC3. The van der Waals surface area contributed by atoms with Crippen molar-refractivity contribution < 1.29 is 23.8 Å². The van der Waals surface area contributed by atoms with Gasteiger partial charge in [0.05, 0.1) is 0 Å². The Morgan fingerprint density at radius 2 is 1.97 bits per heavy atom. The van der Waals surface area contributed by atoms with E-state index in [-0.39, 0.29) is 18.0 Å². The number of amides is 1. The number of benzene rings is 1. The predicted molar refractivity (Wildman–Crippen MR) is 108 cm³/mol. The van der Waals surface area contributed by atoms with Gasteiger partial charge < -0.3 is 19.6 Å². The summed E-state index contributed by atoms with van der Waals surface area (Å²) < 4.78 is 11.4. The summed E-state index contributed by atoms with van der Waals surface area (Å²) >= 11 is 0. The third kappa shape index (κ3) is 4.78. The lowest BCUT2D eigenvalue weighted by molar-refractivity contribution is -0.137. The highest BCUT2D eigenvalue weighted by atomic mass is 16.5. The minimum absolute atomic E-state index is 0.147. The van der Waals surface area contributed by atoms with Gasteiger partial charge in [-0.15, -0.1) is 0 Å². The fraction of sp³-hybridized carbons (Fsp3) is 0.500. The first-order valence-corrected chi connectivity index (χ1v) is 10.1. The van der Waals surface area contributed by atoms with E-state index in [1.165, 1.54) is 0 Å². The molecule has 7 heteroatoms. The van der Waals surface area contributed by atoms with Crippen molar-refractivity contribution in [3.8, 4) is 5.75 Å². The zero-order chi connectivity index (χ0) is 21.0. The van der Waals surface area contributed by atoms with E-state index in [1.807, 2.05) is 19.1 Å². The molecule has 0 unspecified atom stereocenters. The smallest absolute Gasteiger partial charge is 0.339 e. The maximum atomic E-state index is 12.3. The molecule has 2 aromatic rings. The fourth-order valence-corrected chi connectivity index (χ4v) is 3.77. The van der Waals surface area contributed by atoms with Crippen molar-refractivity contribution in [3.63, 3.8) is 0 Å². The van der Waals surface area contributed by atoms with Gasteiger partial charge in [0, 0.05) is 29.5 Å². The molecule has 1 aromatic carbocycles. The number of aliphatic carboxylic acids is 1. The highest BCUT2D eigenvalue weighted by molar-refractivity contribution is 5.86. The molecule has 0 saturated heterocycles. The van der Waals surface area contributed by atoms with Gasteiger partial charge in [-0.3, -0.25) is 9.59 Å². The summed E-state index contributed by atoms with van der Waals surface area (Å²) in [6.45, 7) is 3.97. The first-order valence-electron chi connectivity index (χ1n) is 10.1. The van der Waals surface area contributed by atoms with Crippen LogP contribution in [0.2, 0.25) is 0 Å². The summed E-state index contributed by atoms with van der Waals surface area (Å²) in [4.78, 5) is 35.0. The van der Waals surface area contributed by atoms with Crippen LogP contribution >= 0.6 is 0 Å². The molecule has 0 spiro atoms. The molecule has 29 heavy (non-hydrogen) atoms. The number of rotatable bonds is 9. The second-order valence-corrected chi connectivity index (χ2v) is 7.52. The number of hydrogen-bond donors (Lipinski definition) is 2. The van der Waals surface area contributed by atoms with Gasteiger partial charge in [-0.1, -0.05) is 6.42 Å². The largest absolute Gasteiger partial charge is 0.481 e. The van der Waals surface area contributed by atoms with Crippen LogP contribution in [0, 0.1) is 6.92 Å². The van der Waals surface area contributed by atoms with Crippen LogP contribution in [0.4, 0.5) is 0 Å². The van der Waals surface area contributed by atoms with Crippen molar-refractivity contribution in [2.45, 2.75) is 64.9 Å². The number of carboxylic acids is 1. The molecule has 1 atom stereocenters. The second kappa shape index (κ2) is 9.11. The van der Waals surface area contributed by atoms with Crippen molar-refractivity contribution >= 4 is 22.8 Å². The highest BCUT2D eigenvalue weighted by Gasteiger charge is 2.22. The van der Waals surface area contributed by atoms with Crippen molar-refractivity contribution in [1.29, 1.82) is 0 Å². The van der Waals surface area contributed by atoms with Crippen LogP contribution in [-0.4, -0.2) is 29.6 Å². The van der Waals surface area contributed by atoms with Crippen LogP contribution in [0.1, 0.15) is 55.7 Å². The lowest BCUT2D eigenvalue weighted by atomic mass is 10.0. The lowest BCUT2D eigenvalue weighted by Gasteiger charge is -2.17. The molecule has 0 aliphatic heterocycles. The molecule has 0 fully saturated rings. The first-order chi connectivity index (χ1) is 13.9. The van der Waals surface area contributed by atoms with Crippen molar-refractivity contribution in [3.05, 3.63) is 39.2 Å². The Bertz CT molecular complexity index is 977. The maximum absolute atomic E-state index is 12.3. The zero-order valence-electron chi connectivity index (χ0n) is 16.9. The Morgan fingerprint density at radius 3 is 2.72 bits per heavy atom. The lowest BCUT2D eigenvalue weighted by Crippen LogP contribution is -2.36. The van der Waals surface area contributed by atoms with Crippen LogP contribution in [-0.2, 0) is 22.4 Å². The number of hydrogen-bond acceptors (Lipinski definition) is 5. The van der Waals surface area contributed by atoms with Gasteiger partial charge in [0.25, 0.3) is 5.91 Å². The summed E-state index contributed by atoms with van der Waals surface area (Å²) in [5, 5.41) is 12.4. The number of carbonyl (C=O) groups is 2. The third-order valence-corrected chi connectivity index (χ3v) is 5.38. The van der Waals surface area contributed by atoms with Gasteiger partial charge >= 0.3 is 11.6 Å². The number of carboxylic acid groups (broad SMARTS) is 1. The van der Waals surface area contributed by atoms with Gasteiger partial charge in [0.1, 0.15) is 11.3 Å². The molecule has 1 amide bonds. The fourth-order valence-electron chi connectivity index (χ4n) is 3.77. The van der Waals surface area contributed by atoms with E-state index in [0.29, 0.717) is 29.9 Å². The number of fused-ring (bicyclic) bond motifs is 3. The van der Waals surface area contributed by atoms with E-state index in [2.05, 4.69) is 5.32 Å². The number of carbonyl (C=O) groups excluding carboxylic acids is 1. The number of ether oxygens (including phenoxy) is 1. The molecule has 2 N–H and O–H groups in total. The Kier molecular flexibility index (Phi) is 6.56. The molecule has 0 bridgehead atoms. The number of aryl methyl sites for hydroxylation is 2. The standard InChI is InChI=1S/C22H27NO6/c1-13-18(28-14(2)21(26)23-12-5-3-4-9-19(24)25)11-10-16-15-7-6-8-17(15)22(27)29-20(13)16/h10-11,14H,3-9,12H2,1-2H3,(H,23,26)(H,24,25)/t14-/m0/s1. The van der Waals surface area contributed by atoms with E-state index < -0.39 is 12.1 Å². The topological polar surface area (TPSA) is 106 Å². The minimum Gasteiger partial charge on any atom is -0.481 e. The van der Waals surface area contributed by atoms with Crippen LogP contribution < -0.4 is 15.7 Å². The maximum Gasteiger partial charge on any atom is 0.339 e. The van der Waals surface area contributed by atoms with Crippen LogP contribution in [0.5, 0.6) is 5.75 Å². The van der Waals surface area contributed by atoms with E-state index in [1.54, 1.807) is 6.92 Å². The average molecular weight is 401 g/mol. The third-order valence-electron chi connectivity index (χ3n) is 5.38. The molecule has 0 saturated carbocycles. The Morgan fingerprint density at radius 1 is 1.21 bits per heavy atom. The normalized spacial score (nSPS) is 13.9. The molecule has 1 aromatic heterocycles. The Labute approximate surface area is 169 Å². The predicted octanol–water partition coefficient (Wildman–Crippen LogP) is 3.12. The molecular weight excluding hydrogens is 374 g/mol. The molecule has 0 radical (unpaired) electrons. The van der Waals surface area contributed by atoms with Crippen LogP contribution in [0.3, 0.4) is 0 Å². The zero-order valence-corrected chi connectivity index (χ0v) is 16.9. The van der Waals surface area contributed by atoms with Crippen molar-refractivity contribution in [2.75, 3.05) is 6.54 Å². The molecule has 1 heterocycles. The van der Waals surface area contributed by atoms with E-state index >= 15 is 0 Å². The van der Waals surface area contributed by atoms with Gasteiger partial charge in [-0.05, 0) is 63.6 Å². The molecule has 3 rings (SSSR count). The van der Waals surface area contributed by atoms with Crippen molar-refractivity contribution in [1.82, 2.24) is 5.32 Å². The summed E-state index contributed by atoms with van der Waals surface area (Å²) in [5.41, 5.74) is 2.81. The average Bonchev–Trinajstić information content (AvgIpc) is 3.17. The van der Waals surface area contributed by atoms with E-state index in [4.69, 9.17) is 14.3 Å². The molecular formula is C22H27NO6. The Hall–Kier alpha value is -2.83. The van der Waals surface area contributed by atoms with E-state index in [9.17, 15) is 14.4 Å². The summed E-state index contributed by atoms with van der Waals surface area (Å²) in [6, 6.07) is 3.73. The highest BCUT2D eigenvalue weighted by Crippen LogP contribution is 2.33.